The van der Waals surface area contributed by atoms with Gasteiger partial charge in [-0.2, -0.15) is 0 Å². The zero-order valence-corrected chi connectivity index (χ0v) is 12.5. The van der Waals surface area contributed by atoms with E-state index in [-0.39, 0.29) is 0 Å². The number of pyridine rings is 1. The summed E-state index contributed by atoms with van der Waals surface area (Å²) in [5, 5.41) is 0.635. The van der Waals surface area contributed by atoms with Gasteiger partial charge in [0.25, 0.3) is 0 Å². The van der Waals surface area contributed by atoms with Gasteiger partial charge in [0.1, 0.15) is 0 Å². The molecular weight excluding hydrogens is 276 g/mol. The maximum absolute atomic E-state index is 6.14. The van der Waals surface area contributed by atoms with Gasteiger partial charge in [-0.25, -0.2) is 0 Å². The Hall–Kier alpha value is -1.94. The van der Waals surface area contributed by atoms with E-state index in [1.54, 1.807) is 26.6 Å². The third-order valence-electron chi connectivity index (χ3n) is 3.03. The van der Waals surface area contributed by atoms with E-state index in [4.69, 9.17) is 21.1 Å². The van der Waals surface area contributed by atoms with Crippen LogP contribution in [0.4, 0.5) is 5.69 Å². The summed E-state index contributed by atoms with van der Waals surface area (Å²) in [6.45, 7) is 0.712. The number of aromatic nitrogens is 1. The number of rotatable bonds is 5. The second kappa shape index (κ2) is 6.48. The van der Waals surface area contributed by atoms with E-state index in [1.807, 2.05) is 31.3 Å². The second-order valence-corrected chi connectivity index (χ2v) is 4.78. The fraction of sp³-hybridized carbons (Fsp3) is 0.267. The monoisotopic (exact) mass is 292 g/mol. The van der Waals surface area contributed by atoms with Crippen LogP contribution in [0.15, 0.2) is 36.7 Å². The van der Waals surface area contributed by atoms with Crippen molar-refractivity contribution in [1.29, 1.82) is 0 Å². The molecule has 0 unspecified atom stereocenters. The highest BCUT2D eigenvalue weighted by Crippen LogP contribution is 2.29. The maximum atomic E-state index is 6.14. The number of nitrogens with zero attached hydrogens (tertiary/aromatic N) is 2. The minimum absolute atomic E-state index is 0.635. The second-order valence-electron chi connectivity index (χ2n) is 4.37. The smallest absolute Gasteiger partial charge is 0.161 e. The number of hydrogen-bond donors (Lipinski definition) is 0. The van der Waals surface area contributed by atoms with Gasteiger partial charge in [-0.15, -0.1) is 0 Å². The molecule has 20 heavy (non-hydrogen) atoms. The highest BCUT2D eigenvalue weighted by atomic mass is 35.5. The Morgan fingerprint density at radius 3 is 2.55 bits per heavy atom. The molecule has 2 rings (SSSR count). The third-order valence-corrected chi connectivity index (χ3v) is 3.32. The lowest BCUT2D eigenvalue weighted by atomic mass is 10.2. The quantitative estimate of drug-likeness (QED) is 0.846. The van der Waals surface area contributed by atoms with Crippen LogP contribution in [-0.2, 0) is 6.54 Å². The Morgan fingerprint density at radius 1 is 1.15 bits per heavy atom. The molecule has 0 saturated carbocycles. The first-order valence-electron chi connectivity index (χ1n) is 6.17. The van der Waals surface area contributed by atoms with E-state index >= 15 is 0 Å². The van der Waals surface area contributed by atoms with Crippen LogP contribution in [0.1, 0.15) is 5.56 Å². The van der Waals surface area contributed by atoms with Crippen molar-refractivity contribution >= 4 is 17.3 Å². The van der Waals surface area contributed by atoms with Crippen molar-refractivity contribution in [2.24, 2.45) is 0 Å². The largest absolute Gasteiger partial charge is 0.493 e. The van der Waals surface area contributed by atoms with Crippen LogP contribution in [0.5, 0.6) is 11.5 Å². The van der Waals surface area contributed by atoms with Crippen LogP contribution < -0.4 is 14.4 Å². The summed E-state index contributed by atoms with van der Waals surface area (Å²) in [7, 11) is 5.24. The van der Waals surface area contributed by atoms with Crippen LogP contribution >= 0.6 is 11.6 Å². The zero-order valence-electron chi connectivity index (χ0n) is 11.8. The van der Waals surface area contributed by atoms with Gasteiger partial charge in [-0.05, 0) is 23.8 Å². The van der Waals surface area contributed by atoms with Gasteiger partial charge in [0, 0.05) is 26.0 Å². The summed E-state index contributed by atoms with van der Waals surface area (Å²) in [6, 6.07) is 7.76. The van der Waals surface area contributed by atoms with Crippen molar-refractivity contribution in [3.8, 4) is 11.5 Å². The van der Waals surface area contributed by atoms with E-state index in [9.17, 15) is 0 Å². The molecule has 4 nitrogen and oxygen atoms in total. The Morgan fingerprint density at radius 2 is 1.90 bits per heavy atom. The van der Waals surface area contributed by atoms with Crippen LogP contribution in [0.3, 0.4) is 0 Å². The van der Waals surface area contributed by atoms with Crippen LogP contribution in [-0.4, -0.2) is 26.3 Å². The first kappa shape index (κ1) is 14.5. The SMILES string of the molecule is COc1ccc(CN(C)c2ccncc2Cl)cc1OC. The first-order valence-corrected chi connectivity index (χ1v) is 6.55. The molecule has 106 valence electrons. The first-order chi connectivity index (χ1) is 9.65. The zero-order chi connectivity index (χ0) is 14.5. The average molecular weight is 293 g/mol. The fourth-order valence-electron chi connectivity index (χ4n) is 2.02. The Kier molecular flexibility index (Phi) is 4.69. The highest BCUT2D eigenvalue weighted by Gasteiger charge is 2.09. The van der Waals surface area contributed by atoms with Crippen molar-refractivity contribution in [2.75, 3.05) is 26.2 Å². The van der Waals surface area contributed by atoms with Crippen LogP contribution in [0.2, 0.25) is 5.02 Å². The van der Waals surface area contributed by atoms with Gasteiger partial charge < -0.3 is 14.4 Å². The molecular formula is C15H17ClN2O2. The molecule has 1 heterocycles. The third kappa shape index (κ3) is 3.14. The number of halogens is 1. The number of ether oxygens (including phenoxy) is 2. The lowest BCUT2D eigenvalue weighted by molar-refractivity contribution is 0.354. The van der Waals surface area contributed by atoms with E-state index < -0.39 is 0 Å². The summed E-state index contributed by atoms with van der Waals surface area (Å²) >= 11 is 6.14. The van der Waals surface area contributed by atoms with E-state index in [0.29, 0.717) is 11.6 Å². The van der Waals surface area contributed by atoms with E-state index in [2.05, 4.69) is 9.88 Å². The van der Waals surface area contributed by atoms with Gasteiger partial charge in [-0.3, -0.25) is 4.98 Å². The topological polar surface area (TPSA) is 34.6 Å². The van der Waals surface area contributed by atoms with Gasteiger partial charge in [-0.1, -0.05) is 17.7 Å². The predicted molar refractivity (Wildman–Crippen MR) is 80.9 cm³/mol. The summed E-state index contributed by atoms with van der Waals surface area (Å²) in [5.74, 6) is 1.44. The minimum Gasteiger partial charge on any atom is -0.493 e. The highest BCUT2D eigenvalue weighted by molar-refractivity contribution is 6.33. The Labute approximate surface area is 123 Å². The number of hydrogen-bond acceptors (Lipinski definition) is 4. The van der Waals surface area contributed by atoms with E-state index in [1.165, 1.54) is 0 Å². The van der Waals surface area contributed by atoms with Gasteiger partial charge in [0.2, 0.25) is 0 Å². The molecule has 0 fully saturated rings. The van der Waals surface area contributed by atoms with Crippen molar-refractivity contribution in [3.63, 3.8) is 0 Å². The van der Waals surface area contributed by atoms with Gasteiger partial charge in [0.05, 0.1) is 24.9 Å². The molecule has 1 aromatic heterocycles. The molecule has 1 aromatic carbocycles. The molecule has 0 amide bonds. The van der Waals surface area contributed by atoms with Crippen molar-refractivity contribution in [3.05, 3.63) is 47.2 Å². The standard InChI is InChI=1S/C15H17ClN2O2/c1-18(13-6-7-17-9-12(13)16)10-11-4-5-14(19-2)15(8-11)20-3/h4-9H,10H2,1-3H3. The van der Waals surface area contributed by atoms with Gasteiger partial charge >= 0.3 is 0 Å². The van der Waals surface area contributed by atoms with Crippen molar-refractivity contribution < 1.29 is 9.47 Å². The molecule has 0 N–H and O–H groups in total. The molecule has 5 heteroatoms. The summed E-state index contributed by atoms with van der Waals surface area (Å²) in [4.78, 5) is 6.05. The normalized spacial score (nSPS) is 10.2. The Bertz CT molecular complexity index is 590. The van der Waals surface area contributed by atoms with Crippen molar-refractivity contribution in [2.45, 2.75) is 6.54 Å². The molecule has 0 aliphatic heterocycles. The predicted octanol–water partition coefficient (Wildman–Crippen LogP) is 3.39. The molecule has 0 spiro atoms. The molecule has 2 aromatic rings. The summed E-state index contributed by atoms with van der Waals surface area (Å²) in [6.07, 6.45) is 3.37. The van der Waals surface area contributed by atoms with E-state index in [0.717, 1.165) is 22.7 Å². The summed E-state index contributed by atoms with van der Waals surface area (Å²) < 4.78 is 10.5. The molecule has 0 radical (unpaired) electrons. The number of anilines is 1. The minimum atomic E-state index is 0.635. The van der Waals surface area contributed by atoms with Gasteiger partial charge in [0.15, 0.2) is 11.5 Å². The van der Waals surface area contributed by atoms with Crippen molar-refractivity contribution in [1.82, 2.24) is 4.98 Å². The molecule has 0 atom stereocenters. The fourth-order valence-corrected chi connectivity index (χ4v) is 2.28. The molecule has 0 aliphatic rings. The number of methoxy groups -OCH3 is 2. The number of benzene rings is 1. The Balaban J connectivity index is 2.20. The molecule has 0 aliphatic carbocycles. The lowest BCUT2D eigenvalue weighted by Gasteiger charge is -2.21. The molecule has 0 saturated heterocycles. The molecule has 0 bridgehead atoms. The van der Waals surface area contributed by atoms with Crippen LogP contribution in [0, 0.1) is 0 Å². The lowest BCUT2D eigenvalue weighted by Crippen LogP contribution is -2.16. The maximum Gasteiger partial charge on any atom is 0.161 e. The summed E-state index contributed by atoms with van der Waals surface area (Å²) in [5.41, 5.74) is 2.05. The average Bonchev–Trinajstić information content (AvgIpc) is 2.47. The van der Waals surface area contributed by atoms with Crippen LogP contribution in [0.25, 0.3) is 0 Å².